The molecule has 0 spiro atoms. The number of benzene rings is 2. The minimum absolute atomic E-state index is 0.0783. The topological polar surface area (TPSA) is 87.7 Å². The molecule has 2 N–H and O–H groups in total. The van der Waals surface area contributed by atoms with Gasteiger partial charge in [-0.15, -0.1) is 11.3 Å². The van der Waals surface area contributed by atoms with Gasteiger partial charge in [-0.05, 0) is 73.7 Å². The standard InChI is InChI=1S/C25H27N3O4S/c1-3-32-25(31)28(2)21-14-12-19(13-15-21)27-24(30)18-7-4-8-20(17-18)26-23(29)11-5-9-22-10-6-16-33-22/h4,6-8,10,12-17H,3,5,9,11H2,1-2H3,(H,26,29)(H,27,30). The quantitative estimate of drug-likeness (QED) is 0.433. The smallest absolute Gasteiger partial charge is 0.413 e. The van der Waals surface area contributed by atoms with Gasteiger partial charge in [0.2, 0.25) is 5.91 Å². The second-order valence-electron chi connectivity index (χ2n) is 7.32. The van der Waals surface area contributed by atoms with Crippen LogP contribution < -0.4 is 15.5 Å². The molecule has 3 rings (SSSR count). The Morgan fingerprint density at radius 2 is 1.76 bits per heavy atom. The molecule has 0 bridgehead atoms. The molecule has 0 atom stereocenters. The summed E-state index contributed by atoms with van der Waals surface area (Å²) in [5, 5.41) is 7.71. The van der Waals surface area contributed by atoms with Crippen LogP contribution in [0.4, 0.5) is 21.9 Å². The molecule has 0 fully saturated rings. The van der Waals surface area contributed by atoms with E-state index in [4.69, 9.17) is 4.74 Å². The Kier molecular flexibility index (Phi) is 8.60. The number of hydrogen-bond donors (Lipinski definition) is 2. The lowest BCUT2D eigenvalue weighted by molar-refractivity contribution is -0.116. The number of nitrogens with zero attached hydrogens (tertiary/aromatic N) is 1. The van der Waals surface area contributed by atoms with Gasteiger partial charge in [-0.2, -0.15) is 0 Å². The zero-order valence-electron chi connectivity index (χ0n) is 18.7. The number of carbonyl (C=O) groups excluding carboxylic acids is 3. The number of aryl methyl sites for hydroxylation is 1. The Bertz CT molecular complexity index is 1080. The van der Waals surface area contributed by atoms with Gasteiger partial charge in [0, 0.05) is 41.0 Å². The molecule has 33 heavy (non-hydrogen) atoms. The number of rotatable bonds is 9. The molecule has 0 aliphatic carbocycles. The number of amides is 3. The molecule has 0 radical (unpaired) electrons. The highest BCUT2D eigenvalue weighted by Gasteiger charge is 2.12. The third-order valence-corrected chi connectivity index (χ3v) is 5.81. The summed E-state index contributed by atoms with van der Waals surface area (Å²) in [6.45, 7) is 2.04. The monoisotopic (exact) mass is 465 g/mol. The van der Waals surface area contributed by atoms with E-state index in [0.29, 0.717) is 35.7 Å². The molecule has 1 heterocycles. The van der Waals surface area contributed by atoms with Crippen molar-refractivity contribution >= 4 is 46.3 Å². The van der Waals surface area contributed by atoms with Gasteiger partial charge >= 0.3 is 6.09 Å². The van der Waals surface area contributed by atoms with Crippen molar-refractivity contribution in [2.24, 2.45) is 0 Å². The second kappa shape index (κ2) is 11.8. The summed E-state index contributed by atoms with van der Waals surface area (Å²) in [7, 11) is 1.62. The largest absolute Gasteiger partial charge is 0.449 e. The first-order valence-electron chi connectivity index (χ1n) is 10.7. The molecule has 3 amide bonds. The predicted octanol–water partition coefficient (Wildman–Crippen LogP) is 5.55. The van der Waals surface area contributed by atoms with E-state index in [1.54, 1.807) is 73.8 Å². The summed E-state index contributed by atoms with van der Waals surface area (Å²) in [5.74, 6) is -0.374. The molecule has 0 unspecified atom stereocenters. The molecule has 0 aliphatic heterocycles. The van der Waals surface area contributed by atoms with Crippen molar-refractivity contribution in [2.75, 3.05) is 29.2 Å². The summed E-state index contributed by atoms with van der Waals surface area (Å²) in [4.78, 5) is 39.4. The maximum Gasteiger partial charge on any atom is 0.413 e. The molecule has 8 heteroatoms. The number of nitrogens with one attached hydrogen (secondary N) is 2. The van der Waals surface area contributed by atoms with E-state index in [9.17, 15) is 14.4 Å². The number of hydrogen-bond acceptors (Lipinski definition) is 5. The maximum atomic E-state index is 12.7. The Morgan fingerprint density at radius 1 is 0.970 bits per heavy atom. The Balaban J connectivity index is 1.53. The van der Waals surface area contributed by atoms with Crippen LogP contribution in [0.3, 0.4) is 0 Å². The van der Waals surface area contributed by atoms with Crippen molar-refractivity contribution in [1.29, 1.82) is 0 Å². The lowest BCUT2D eigenvalue weighted by Gasteiger charge is -2.17. The fourth-order valence-electron chi connectivity index (χ4n) is 3.14. The number of carbonyl (C=O) groups is 3. The third kappa shape index (κ3) is 7.18. The molecule has 0 saturated heterocycles. The van der Waals surface area contributed by atoms with E-state index in [2.05, 4.69) is 16.7 Å². The minimum atomic E-state index is -0.445. The van der Waals surface area contributed by atoms with E-state index in [-0.39, 0.29) is 11.8 Å². The van der Waals surface area contributed by atoms with Crippen LogP contribution in [0, 0.1) is 0 Å². The van der Waals surface area contributed by atoms with Crippen molar-refractivity contribution in [1.82, 2.24) is 0 Å². The molecule has 0 aliphatic rings. The van der Waals surface area contributed by atoms with Crippen molar-refractivity contribution < 1.29 is 19.1 Å². The van der Waals surface area contributed by atoms with Crippen LogP contribution in [0.1, 0.15) is 35.0 Å². The fraction of sp³-hybridized carbons (Fsp3) is 0.240. The molecule has 1 aromatic heterocycles. The summed E-state index contributed by atoms with van der Waals surface area (Å²) < 4.78 is 4.98. The number of anilines is 3. The van der Waals surface area contributed by atoms with Crippen LogP contribution in [0.5, 0.6) is 0 Å². The zero-order valence-corrected chi connectivity index (χ0v) is 19.5. The number of thiophene rings is 1. The number of ether oxygens (including phenoxy) is 1. The first kappa shape index (κ1) is 24.0. The van der Waals surface area contributed by atoms with Gasteiger partial charge in [0.05, 0.1) is 6.61 Å². The lowest BCUT2D eigenvalue weighted by atomic mass is 10.1. The summed E-state index contributed by atoms with van der Waals surface area (Å²) in [5.41, 5.74) is 2.24. The van der Waals surface area contributed by atoms with Crippen LogP contribution in [0.15, 0.2) is 66.0 Å². The van der Waals surface area contributed by atoms with E-state index >= 15 is 0 Å². The molecular weight excluding hydrogens is 438 g/mol. The first-order valence-corrected chi connectivity index (χ1v) is 11.6. The average Bonchev–Trinajstić information content (AvgIpc) is 3.33. The van der Waals surface area contributed by atoms with Gasteiger partial charge in [0.15, 0.2) is 0 Å². The zero-order chi connectivity index (χ0) is 23.6. The van der Waals surface area contributed by atoms with Crippen LogP contribution in [0.25, 0.3) is 0 Å². The highest BCUT2D eigenvalue weighted by atomic mass is 32.1. The summed E-state index contributed by atoms with van der Waals surface area (Å²) in [6.07, 6.45) is 1.62. The molecule has 172 valence electrons. The van der Waals surface area contributed by atoms with Crippen molar-refractivity contribution in [3.63, 3.8) is 0 Å². The normalized spacial score (nSPS) is 10.4. The molecule has 0 saturated carbocycles. The van der Waals surface area contributed by atoms with Crippen LogP contribution in [-0.2, 0) is 16.0 Å². The Morgan fingerprint density at radius 3 is 2.45 bits per heavy atom. The minimum Gasteiger partial charge on any atom is -0.449 e. The third-order valence-electron chi connectivity index (χ3n) is 4.87. The lowest BCUT2D eigenvalue weighted by Crippen LogP contribution is -2.26. The first-order chi connectivity index (χ1) is 16.0. The van der Waals surface area contributed by atoms with Crippen LogP contribution >= 0.6 is 11.3 Å². The van der Waals surface area contributed by atoms with Crippen LogP contribution in [0.2, 0.25) is 0 Å². The van der Waals surface area contributed by atoms with Gasteiger partial charge in [0.25, 0.3) is 5.91 Å². The van der Waals surface area contributed by atoms with E-state index in [1.165, 1.54) is 9.78 Å². The maximum absolute atomic E-state index is 12.7. The van der Waals surface area contributed by atoms with E-state index < -0.39 is 6.09 Å². The highest BCUT2D eigenvalue weighted by molar-refractivity contribution is 7.09. The highest BCUT2D eigenvalue weighted by Crippen LogP contribution is 2.19. The average molecular weight is 466 g/mol. The molecule has 3 aromatic rings. The molecular formula is C25H27N3O4S. The van der Waals surface area contributed by atoms with Crippen molar-refractivity contribution in [3.05, 3.63) is 76.5 Å². The van der Waals surface area contributed by atoms with Crippen molar-refractivity contribution in [3.8, 4) is 0 Å². The summed E-state index contributed by atoms with van der Waals surface area (Å²) in [6, 6.07) is 17.8. The fourth-order valence-corrected chi connectivity index (χ4v) is 3.89. The Labute approximate surface area is 197 Å². The predicted molar refractivity (Wildman–Crippen MR) is 132 cm³/mol. The molecule has 2 aromatic carbocycles. The van der Waals surface area contributed by atoms with Crippen molar-refractivity contribution in [2.45, 2.75) is 26.2 Å². The molecule has 7 nitrogen and oxygen atoms in total. The SMILES string of the molecule is CCOC(=O)N(C)c1ccc(NC(=O)c2cccc(NC(=O)CCCc3cccs3)c2)cc1. The van der Waals surface area contributed by atoms with Gasteiger partial charge in [-0.1, -0.05) is 12.1 Å². The van der Waals surface area contributed by atoms with Gasteiger partial charge < -0.3 is 15.4 Å². The summed E-state index contributed by atoms with van der Waals surface area (Å²) >= 11 is 1.69. The van der Waals surface area contributed by atoms with E-state index in [0.717, 1.165) is 12.8 Å². The second-order valence-corrected chi connectivity index (χ2v) is 8.35. The Hall–Kier alpha value is -3.65. The van der Waals surface area contributed by atoms with Gasteiger partial charge in [-0.3, -0.25) is 14.5 Å². The van der Waals surface area contributed by atoms with Crippen LogP contribution in [-0.4, -0.2) is 31.6 Å². The van der Waals surface area contributed by atoms with E-state index in [1.807, 2.05) is 11.4 Å². The van der Waals surface area contributed by atoms with Gasteiger partial charge in [-0.25, -0.2) is 4.79 Å². The van der Waals surface area contributed by atoms with Gasteiger partial charge in [0.1, 0.15) is 0 Å².